The summed E-state index contributed by atoms with van der Waals surface area (Å²) in [6.45, 7) is 5.28. The number of aliphatic carboxylic acids is 1. The fourth-order valence-electron chi connectivity index (χ4n) is 2.15. The molecule has 4 nitrogen and oxygen atoms in total. The minimum absolute atomic E-state index is 0.107. The quantitative estimate of drug-likeness (QED) is 0.768. The average Bonchev–Trinajstić information content (AvgIpc) is 2.26. The molecule has 4 heteroatoms. The lowest BCUT2D eigenvalue weighted by Crippen LogP contribution is -2.50. The van der Waals surface area contributed by atoms with E-state index in [9.17, 15) is 4.79 Å². The molecule has 0 aromatic rings. The van der Waals surface area contributed by atoms with Gasteiger partial charge in [0.05, 0.1) is 5.92 Å². The van der Waals surface area contributed by atoms with E-state index in [-0.39, 0.29) is 11.5 Å². The first-order valence-corrected chi connectivity index (χ1v) is 6.46. The molecule has 2 N–H and O–H groups in total. The van der Waals surface area contributed by atoms with Gasteiger partial charge in [-0.05, 0) is 47.2 Å². The second-order valence-electron chi connectivity index (χ2n) is 5.99. The highest BCUT2D eigenvalue weighted by molar-refractivity contribution is 5.70. The minimum Gasteiger partial charge on any atom is -0.481 e. The Labute approximate surface area is 104 Å². The van der Waals surface area contributed by atoms with Crippen LogP contribution in [0.25, 0.3) is 0 Å². The Hall–Kier alpha value is -0.610. The maximum atomic E-state index is 11.0. The van der Waals surface area contributed by atoms with Crippen LogP contribution in [0.2, 0.25) is 0 Å². The van der Waals surface area contributed by atoms with Gasteiger partial charge in [-0.3, -0.25) is 4.79 Å². The first kappa shape index (κ1) is 14.5. The SMILES string of the molecule is CN(C)C(C)(C)CNC1CCCC(C(=O)O)C1. The van der Waals surface area contributed by atoms with E-state index in [2.05, 4.69) is 38.2 Å². The van der Waals surface area contributed by atoms with E-state index in [0.29, 0.717) is 6.04 Å². The zero-order chi connectivity index (χ0) is 13.1. The molecule has 1 saturated carbocycles. The van der Waals surface area contributed by atoms with Crippen LogP contribution in [0, 0.1) is 5.92 Å². The van der Waals surface area contributed by atoms with Crippen LogP contribution in [0.1, 0.15) is 39.5 Å². The van der Waals surface area contributed by atoms with Crippen molar-refractivity contribution in [2.75, 3.05) is 20.6 Å². The molecule has 1 aliphatic carbocycles. The molecule has 17 heavy (non-hydrogen) atoms. The number of carbonyl (C=O) groups is 1. The van der Waals surface area contributed by atoms with Gasteiger partial charge in [0.25, 0.3) is 0 Å². The van der Waals surface area contributed by atoms with Crippen LogP contribution >= 0.6 is 0 Å². The summed E-state index contributed by atoms with van der Waals surface area (Å²) in [6.07, 6.45) is 3.74. The van der Waals surface area contributed by atoms with Crippen molar-refractivity contribution in [1.82, 2.24) is 10.2 Å². The van der Waals surface area contributed by atoms with Gasteiger partial charge >= 0.3 is 5.97 Å². The molecular formula is C13H26N2O2. The Morgan fingerprint density at radius 2 is 2.06 bits per heavy atom. The van der Waals surface area contributed by atoms with Crippen LogP contribution in [0.3, 0.4) is 0 Å². The fourth-order valence-corrected chi connectivity index (χ4v) is 2.15. The van der Waals surface area contributed by atoms with Crippen molar-refractivity contribution in [3.8, 4) is 0 Å². The van der Waals surface area contributed by atoms with Crippen molar-refractivity contribution < 1.29 is 9.90 Å². The number of nitrogens with one attached hydrogen (secondary N) is 1. The fraction of sp³-hybridized carbons (Fsp3) is 0.923. The number of hydrogen-bond acceptors (Lipinski definition) is 3. The van der Waals surface area contributed by atoms with Gasteiger partial charge in [0.15, 0.2) is 0 Å². The molecule has 0 radical (unpaired) electrons. The third kappa shape index (κ3) is 4.28. The molecule has 0 heterocycles. The zero-order valence-corrected chi connectivity index (χ0v) is 11.5. The molecule has 1 fully saturated rings. The maximum Gasteiger partial charge on any atom is 0.306 e. The zero-order valence-electron chi connectivity index (χ0n) is 11.5. The van der Waals surface area contributed by atoms with Gasteiger partial charge in [-0.25, -0.2) is 0 Å². The maximum absolute atomic E-state index is 11.0. The standard InChI is InChI=1S/C13H26N2O2/c1-13(2,15(3)4)9-14-11-7-5-6-10(8-11)12(16)17/h10-11,14H,5-9H2,1-4H3,(H,16,17). The van der Waals surface area contributed by atoms with Crippen molar-refractivity contribution >= 4 is 5.97 Å². The van der Waals surface area contributed by atoms with Gasteiger partial charge in [-0.15, -0.1) is 0 Å². The van der Waals surface area contributed by atoms with Crippen molar-refractivity contribution in [1.29, 1.82) is 0 Å². The smallest absolute Gasteiger partial charge is 0.306 e. The molecule has 100 valence electrons. The molecule has 0 saturated heterocycles. The predicted octanol–water partition coefficient (Wildman–Crippen LogP) is 1.56. The highest BCUT2D eigenvalue weighted by atomic mass is 16.4. The minimum atomic E-state index is -0.636. The summed E-state index contributed by atoms with van der Waals surface area (Å²) in [5.74, 6) is -0.785. The largest absolute Gasteiger partial charge is 0.481 e. The normalized spacial score (nSPS) is 26.2. The van der Waals surface area contributed by atoms with Crippen LogP contribution in [-0.4, -0.2) is 48.2 Å². The number of rotatable bonds is 5. The average molecular weight is 242 g/mol. The van der Waals surface area contributed by atoms with Gasteiger partial charge in [-0.2, -0.15) is 0 Å². The van der Waals surface area contributed by atoms with Gasteiger partial charge in [-0.1, -0.05) is 6.42 Å². The third-order valence-electron chi connectivity index (χ3n) is 4.06. The Morgan fingerprint density at radius 1 is 1.41 bits per heavy atom. The van der Waals surface area contributed by atoms with E-state index in [0.717, 1.165) is 32.2 Å². The number of likely N-dealkylation sites (N-methyl/N-ethyl adjacent to an activating group) is 1. The molecule has 1 rings (SSSR count). The van der Waals surface area contributed by atoms with E-state index in [1.165, 1.54) is 0 Å². The van der Waals surface area contributed by atoms with E-state index < -0.39 is 5.97 Å². The van der Waals surface area contributed by atoms with Crippen LogP contribution < -0.4 is 5.32 Å². The summed E-state index contributed by atoms with van der Waals surface area (Å²) < 4.78 is 0. The van der Waals surface area contributed by atoms with Crippen molar-refractivity contribution in [2.45, 2.75) is 51.1 Å². The van der Waals surface area contributed by atoms with E-state index in [4.69, 9.17) is 5.11 Å². The van der Waals surface area contributed by atoms with Crippen LogP contribution in [0.5, 0.6) is 0 Å². The molecular weight excluding hydrogens is 216 g/mol. The highest BCUT2D eigenvalue weighted by Crippen LogP contribution is 2.24. The Morgan fingerprint density at radius 3 is 2.59 bits per heavy atom. The van der Waals surface area contributed by atoms with Gasteiger partial charge in [0.1, 0.15) is 0 Å². The van der Waals surface area contributed by atoms with E-state index in [1.54, 1.807) is 0 Å². The van der Waals surface area contributed by atoms with Crippen molar-refractivity contribution in [2.24, 2.45) is 5.92 Å². The summed E-state index contributed by atoms with van der Waals surface area (Å²) in [4.78, 5) is 13.2. The predicted molar refractivity (Wildman–Crippen MR) is 69.2 cm³/mol. The lowest BCUT2D eigenvalue weighted by molar-refractivity contribution is -0.143. The Kier molecular flexibility index (Phi) is 4.95. The summed E-state index contributed by atoms with van der Waals surface area (Å²) in [6, 6.07) is 0.365. The first-order valence-electron chi connectivity index (χ1n) is 6.46. The number of hydrogen-bond donors (Lipinski definition) is 2. The molecule has 0 spiro atoms. The van der Waals surface area contributed by atoms with Gasteiger partial charge < -0.3 is 15.3 Å². The highest BCUT2D eigenvalue weighted by Gasteiger charge is 2.28. The van der Waals surface area contributed by atoms with Crippen molar-refractivity contribution in [3.63, 3.8) is 0 Å². The van der Waals surface area contributed by atoms with E-state index in [1.807, 2.05) is 0 Å². The molecule has 2 atom stereocenters. The number of nitrogens with zero attached hydrogens (tertiary/aromatic N) is 1. The summed E-state index contributed by atoms with van der Waals surface area (Å²) in [7, 11) is 4.14. The topological polar surface area (TPSA) is 52.6 Å². The van der Waals surface area contributed by atoms with Gasteiger partial charge in [0, 0.05) is 18.1 Å². The van der Waals surface area contributed by atoms with Crippen LogP contribution in [0.15, 0.2) is 0 Å². The van der Waals surface area contributed by atoms with Gasteiger partial charge in [0.2, 0.25) is 0 Å². The number of carboxylic acids is 1. The molecule has 0 aliphatic heterocycles. The second kappa shape index (κ2) is 5.83. The summed E-state index contributed by atoms with van der Waals surface area (Å²) in [5.41, 5.74) is 0.107. The second-order valence-corrected chi connectivity index (χ2v) is 5.99. The summed E-state index contributed by atoms with van der Waals surface area (Å²) in [5, 5.41) is 12.6. The molecule has 0 amide bonds. The third-order valence-corrected chi connectivity index (χ3v) is 4.06. The Balaban J connectivity index is 2.39. The lowest BCUT2D eigenvalue weighted by Gasteiger charge is -2.36. The first-order chi connectivity index (χ1) is 7.83. The molecule has 1 aliphatic rings. The molecule has 0 bridgehead atoms. The summed E-state index contributed by atoms with van der Waals surface area (Å²) >= 11 is 0. The molecule has 2 unspecified atom stereocenters. The number of carboxylic acid groups (broad SMARTS) is 1. The molecule has 0 aromatic heterocycles. The van der Waals surface area contributed by atoms with E-state index >= 15 is 0 Å². The Bertz CT molecular complexity index is 264. The van der Waals surface area contributed by atoms with Crippen LogP contribution in [0.4, 0.5) is 0 Å². The molecule has 0 aromatic carbocycles. The lowest BCUT2D eigenvalue weighted by atomic mass is 9.85. The van der Waals surface area contributed by atoms with Crippen LogP contribution in [-0.2, 0) is 4.79 Å². The van der Waals surface area contributed by atoms with Crippen molar-refractivity contribution in [3.05, 3.63) is 0 Å². The monoisotopic (exact) mass is 242 g/mol.